The molecule has 1 aromatic heterocycles. The third kappa shape index (κ3) is 4.65. The molecule has 0 saturated carbocycles. The summed E-state index contributed by atoms with van der Waals surface area (Å²) >= 11 is 1.80. The zero-order valence-corrected chi connectivity index (χ0v) is 12.7. The number of likely N-dealkylation sites (tertiary alicyclic amines) is 1. The average Bonchev–Trinajstić information content (AvgIpc) is 2.76. The van der Waals surface area contributed by atoms with Crippen LogP contribution in [0, 0.1) is 23.7 Å². The minimum atomic E-state index is 0.146. The van der Waals surface area contributed by atoms with Crippen molar-refractivity contribution >= 4 is 11.3 Å². The molecule has 1 N–H and O–H groups in total. The van der Waals surface area contributed by atoms with Gasteiger partial charge in [-0.3, -0.25) is 4.90 Å². The van der Waals surface area contributed by atoms with Crippen LogP contribution in [-0.4, -0.2) is 29.7 Å². The molecule has 3 heteroatoms. The molecule has 2 atom stereocenters. The Bertz CT molecular complexity index is 447. The topological polar surface area (TPSA) is 23.5 Å². The van der Waals surface area contributed by atoms with E-state index >= 15 is 0 Å². The maximum absolute atomic E-state index is 8.71. The van der Waals surface area contributed by atoms with Gasteiger partial charge in [-0.2, -0.15) is 0 Å². The van der Waals surface area contributed by atoms with E-state index in [1.807, 2.05) is 0 Å². The molecule has 104 valence electrons. The maximum atomic E-state index is 8.71. The van der Waals surface area contributed by atoms with Crippen molar-refractivity contribution in [1.29, 1.82) is 0 Å². The van der Waals surface area contributed by atoms with E-state index in [4.69, 9.17) is 5.11 Å². The number of hydrogen-bond donors (Lipinski definition) is 1. The Balaban J connectivity index is 1.91. The SMILES string of the molecule is CC1CC(C)CN(Cc2cc(C#CCCO)cs2)C1. The van der Waals surface area contributed by atoms with E-state index < -0.39 is 0 Å². The molecule has 2 heterocycles. The molecular weight excluding hydrogens is 254 g/mol. The Hall–Kier alpha value is -0.820. The monoisotopic (exact) mass is 277 g/mol. The largest absolute Gasteiger partial charge is 0.395 e. The summed E-state index contributed by atoms with van der Waals surface area (Å²) in [7, 11) is 0. The molecule has 0 bridgehead atoms. The van der Waals surface area contributed by atoms with Gasteiger partial charge >= 0.3 is 0 Å². The highest BCUT2D eigenvalue weighted by Gasteiger charge is 2.21. The van der Waals surface area contributed by atoms with Crippen molar-refractivity contribution in [1.82, 2.24) is 4.90 Å². The highest BCUT2D eigenvalue weighted by Crippen LogP contribution is 2.24. The van der Waals surface area contributed by atoms with Gasteiger partial charge in [0.25, 0.3) is 0 Å². The molecule has 0 aliphatic carbocycles. The summed E-state index contributed by atoms with van der Waals surface area (Å²) in [6.45, 7) is 8.34. The molecule has 2 unspecified atom stereocenters. The summed E-state index contributed by atoms with van der Waals surface area (Å²) in [5, 5.41) is 10.8. The average molecular weight is 277 g/mol. The van der Waals surface area contributed by atoms with Crippen molar-refractivity contribution in [2.45, 2.75) is 33.2 Å². The standard InChI is InChI=1S/C16H23NOS/c1-13-7-14(2)10-17(9-13)11-16-8-15(12-19-16)5-3-4-6-18/h8,12-14,18H,4,6-7,9-11H2,1-2H3. The fourth-order valence-corrected chi connectivity index (χ4v) is 3.75. The van der Waals surface area contributed by atoms with Crippen LogP contribution >= 0.6 is 11.3 Å². The highest BCUT2D eigenvalue weighted by atomic mass is 32.1. The van der Waals surface area contributed by atoms with Crippen molar-refractivity contribution in [2.75, 3.05) is 19.7 Å². The summed E-state index contributed by atoms with van der Waals surface area (Å²) in [4.78, 5) is 3.96. The number of hydrogen-bond acceptors (Lipinski definition) is 3. The maximum Gasteiger partial charge on any atom is 0.0540 e. The van der Waals surface area contributed by atoms with Crippen LogP contribution in [0.1, 0.15) is 37.1 Å². The van der Waals surface area contributed by atoms with Crippen LogP contribution in [0.15, 0.2) is 11.4 Å². The molecule has 1 aliphatic heterocycles. The van der Waals surface area contributed by atoms with Gasteiger partial charge in [0, 0.05) is 41.9 Å². The van der Waals surface area contributed by atoms with Gasteiger partial charge in [0.05, 0.1) is 6.61 Å². The lowest BCUT2D eigenvalue weighted by atomic mass is 9.92. The van der Waals surface area contributed by atoms with Gasteiger partial charge in [-0.05, 0) is 24.3 Å². The van der Waals surface area contributed by atoms with Gasteiger partial charge in [-0.1, -0.05) is 25.7 Å². The Morgan fingerprint density at radius 2 is 2.11 bits per heavy atom. The first-order valence-corrected chi connectivity index (χ1v) is 7.95. The van der Waals surface area contributed by atoms with Crippen molar-refractivity contribution < 1.29 is 5.11 Å². The third-order valence-electron chi connectivity index (χ3n) is 3.45. The number of nitrogens with zero attached hydrogens (tertiary/aromatic N) is 1. The molecule has 1 aromatic rings. The van der Waals surface area contributed by atoms with Crippen LogP contribution in [-0.2, 0) is 6.54 Å². The number of aliphatic hydroxyl groups is 1. The third-order valence-corrected chi connectivity index (χ3v) is 4.37. The van der Waals surface area contributed by atoms with Gasteiger partial charge in [0.1, 0.15) is 0 Å². The van der Waals surface area contributed by atoms with Crippen LogP contribution in [0.4, 0.5) is 0 Å². The fraction of sp³-hybridized carbons (Fsp3) is 0.625. The van der Waals surface area contributed by atoms with Gasteiger partial charge in [0.15, 0.2) is 0 Å². The van der Waals surface area contributed by atoms with Crippen molar-refractivity contribution in [3.8, 4) is 11.8 Å². The first-order chi connectivity index (χ1) is 9.17. The lowest BCUT2D eigenvalue weighted by Gasteiger charge is -2.34. The van der Waals surface area contributed by atoms with Crippen molar-refractivity contribution in [3.05, 3.63) is 21.9 Å². The van der Waals surface area contributed by atoms with Gasteiger partial charge < -0.3 is 5.11 Å². The molecule has 1 saturated heterocycles. The van der Waals surface area contributed by atoms with E-state index in [0.29, 0.717) is 6.42 Å². The zero-order valence-electron chi connectivity index (χ0n) is 11.9. The van der Waals surface area contributed by atoms with E-state index in [0.717, 1.165) is 23.9 Å². The molecular formula is C16H23NOS. The highest BCUT2D eigenvalue weighted by molar-refractivity contribution is 7.10. The molecule has 1 fully saturated rings. The second-order valence-corrected chi connectivity index (χ2v) is 6.71. The zero-order chi connectivity index (χ0) is 13.7. The summed E-state index contributed by atoms with van der Waals surface area (Å²) in [5.74, 6) is 7.70. The summed E-state index contributed by atoms with van der Waals surface area (Å²) in [6.07, 6.45) is 1.92. The predicted molar refractivity (Wildman–Crippen MR) is 81.1 cm³/mol. The summed E-state index contributed by atoms with van der Waals surface area (Å²) in [6, 6.07) is 2.19. The van der Waals surface area contributed by atoms with E-state index in [1.165, 1.54) is 24.4 Å². The number of thiophene rings is 1. The van der Waals surface area contributed by atoms with Crippen LogP contribution in [0.3, 0.4) is 0 Å². The lowest BCUT2D eigenvalue weighted by Crippen LogP contribution is -2.37. The molecule has 0 aromatic carbocycles. The van der Waals surface area contributed by atoms with E-state index in [1.54, 1.807) is 11.3 Å². The molecule has 2 rings (SSSR count). The van der Waals surface area contributed by atoms with Gasteiger partial charge in [-0.25, -0.2) is 0 Å². The van der Waals surface area contributed by atoms with Gasteiger partial charge in [-0.15, -0.1) is 11.3 Å². The summed E-state index contributed by atoms with van der Waals surface area (Å²) < 4.78 is 0. The number of rotatable bonds is 3. The lowest BCUT2D eigenvalue weighted by molar-refractivity contribution is 0.135. The van der Waals surface area contributed by atoms with E-state index in [-0.39, 0.29) is 6.61 Å². The first kappa shape index (κ1) is 14.6. The Morgan fingerprint density at radius 1 is 1.37 bits per heavy atom. The molecule has 2 nitrogen and oxygen atoms in total. The quantitative estimate of drug-likeness (QED) is 0.859. The molecule has 0 spiro atoms. The van der Waals surface area contributed by atoms with E-state index in [9.17, 15) is 0 Å². The fourth-order valence-electron chi connectivity index (χ4n) is 2.89. The van der Waals surface area contributed by atoms with Crippen LogP contribution in [0.2, 0.25) is 0 Å². The van der Waals surface area contributed by atoms with Crippen LogP contribution < -0.4 is 0 Å². The van der Waals surface area contributed by atoms with E-state index in [2.05, 4.69) is 42.0 Å². The van der Waals surface area contributed by atoms with Crippen LogP contribution in [0.5, 0.6) is 0 Å². The second kappa shape index (κ2) is 7.09. The summed E-state index contributed by atoms with van der Waals surface area (Å²) in [5.41, 5.74) is 1.09. The second-order valence-electron chi connectivity index (χ2n) is 5.72. The predicted octanol–water partition coefficient (Wildman–Crippen LogP) is 2.96. The normalized spacial score (nSPS) is 23.9. The smallest absolute Gasteiger partial charge is 0.0540 e. The minimum Gasteiger partial charge on any atom is -0.395 e. The number of aliphatic hydroxyl groups excluding tert-OH is 1. The Kier molecular flexibility index (Phi) is 5.45. The molecule has 1 aliphatic rings. The molecule has 19 heavy (non-hydrogen) atoms. The number of piperidine rings is 1. The van der Waals surface area contributed by atoms with Crippen molar-refractivity contribution in [3.63, 3.8) is 0 Å². The van der Waals surface area contributed by atoms with Gasteiger partial charge in [0.2, 0.25) is 0 Å². The molecule has 0 amide bonds. The first-order valence-electron chi connectivity index (χ1n) is 7.07. The minimum absolute atomic E-state index is 0.146. The Morgan fingerprint density at radius 3 is 2.79 bits per heavy atom. The Labute approximate surface area is 120 Å². The molecule has 0 radical (unpaired) electrons. The van der Waals surface area contributed by atoms with Crippen molar-refractivity contribution in [2.24, 2.45) is 11.8 Å². The van der Waals surface area contributed by atoms with Crippen LogP contribution in [0.25, 0.3) is 0 Å².